The zero-order chi connectivity index (χ0) is 12.6. The average molecular weight is 256 g/mol. The van der Waals surface area contributed by atoms with Crippen molar-refractivity contribution in [3.05, 3.63) is 18.2 Å². The molecule has 0 aliphatic carbocycles. The number of hydrogen-bond donors (Lipinski definition) is 1. The van der Waals surface area contributed by atoms with Crippen LogP contribution in [0.5, 0.6) is 5.75 Å². The van der Waals surface area contributed by atoms with Gasteiger partial charge in [0.2, 0.25) is 10.0 Å². The van der Waals surface area contributed by atoms with Crippen LogP contribution in [0.4, 0.5) is 5.69 Å². The molecule has 2 rings (SSSR count). The average Bonchev–Trinajstić information content (AvgIpc) is 2.28. The lowest BCUT2D eigenvalue weighted by Crippen LogP contribution is -2.28. The molecule has 0 fully saturated rings. The van der Waals surface area contributed by atoms with E-state index in [-0.39, 0.29) is 11.0 Å². The molecular formula is C11H16N2O3S. The summed E-state index contributed by atoms with van der Waals surface area (Å²) in [7, 11) is -0.357. The topological polar surface area (TPSA) is 58.6 Å². The Balaban J connectivity index is 2.41. The maximum Gasteiger partial charge on any atom is 0.242 e. The molecule has 0 aromatic heterocycles. The molecular weight excluding hydrogens is 240 g/mol. The molecule has 1 aliphatic heterocycles. The highest BCUT2D eigenvalue weighted by molar-refractivity contribution is 7.89. The van der Waals surface area contributed by atoms with Gasteiger partial charge in [-0.25, -0.2) is 12.7 Å². The van der Waals surface area contributed by atoms with Crippen LogP contribution in [0.15, 0.2) is 23.1 Å². The highest BCUT2D eigenvalue weighted by Gasteiger charge is 2.21. The molecule has 1 aromatic rings. The largest absolute Gasteiger partial charge is 0.487 e. The van der Waals surface area contributed by atoms with Crippen molar-refractivity contribution in [2.24, 2.45) is 0 Å². The molecule has 0 bridgehead atoms. The quantitative estimate of drug-likeness (QED) is 0.861. The van der Waals surface area contributed by atoms with E-state index in [2.05, 4.69) is 5.32 Å². The Bertz CT molecular complexity index is 526. The van der Waals surface area contributed by atoms with Gasteiger partial charge in [0.15, 0.2) is 0 Å². The van der Waals surface area contributed by atoms with E-state index in [0.29, 0.717) is 12.3 Å². The third-order valence-electron chi connectivity index (χ3n) is 2.64. The Hall–Kier alpha value is -1.27. The van der Waals surface area contributed by atoms with Gasteiger partial charge in [0.25, 0.3) is 0 Å². The molecule has 17 heavy (non-hydrogen) atoms. The number of hydrogen-bond acceptors (Lipinski definition) is 4. The Morgan fingerprint density at radius 2 is 2.12 bits per heavy atom. The van der Waals surface area contributed by atoms with Crippen molar-refractivity contribution in [2.45, 2.75) is 17.9 Å². The summed E-state index contributed by atoms with van der Waals surface area (Å²) in [4.78, 5) is 0.270. The number of fused-ring (bicyclic) bond motifs is 1. The minimum absolute atomic E-state index is 0.0961. The fourth-order valence-electron chi connectivity index (χ4n) is 1.63. The van der Waals surface area contributed by atoms with Crippen molar-refractivity contribution < 1.29 is 13.2 Å². The Labute approximate surface area is 101 Å². The van der Waals surface area contributed by atoms with Crippen molar-refractivity contribution in [1.82, 2.24) is 4.31 Å². The van der Waals surface area contributed by atoms with Gasteiger partial charge in [-0.3, -0.25) is 0 Å². The number of nitrogens with zero attached hydrogens (tertiary/aromatic N) is 1. The van der Waals surface area contributed by atoms with Crippen molar-refractivity contribution in [2.75, 3.05) is 26.0 Å². The number of anilines is 1. The zero-order valence-electron chi connectivity index (χ0n) is 10.1. The summed E-state index contributed by atoms with van der Waals surface area (Å²) in [5, 5.41) is 3.16. The Morgan fingerprint density at radius 3 is 2.76 bits per heavy atom. The first-order valence-corrected chi connectivity index (χ1v) is 6.82. The van der Waals surface area contributed by atoms with Gasteiger partial charge in [0.1, 0.15) is 11.9 Å². The second-order valence-electron chi connectivity index (χ2n) is 4.25. The molecule has 94 valence electrons. The minimum atomic E-state index is -3.39. The molecule has 1 N–H and O–H groups in total. The lowest BCUT2D eigenvalue weighted by atomic mass is 10.2. The molecule has 1 aliphatic rings. The van der Waals surface area contributed by atoms with Crippen LogP contribution >= 0.6 is 0 Å². The van der Waals surface area contributed by atoms with Crippen LogP contribution in [0.25, 0.3) is 0 Å². The van der Waals surface area contributed by atoms with Crippen molar-refractivity contribution in [3.8, 4) is 5.75 Å². The van der Waals surface area contributed by atoms with Crippen molar-refractivity contribution in [3.63, 3.8) is 0 Å². The van der Waals surface area contributed by atoms with E-state index in [1.165, 1.54) is 18.4 Å². The summed E-state index contributed by atoms with van der Waals surface area (Å²) >= 11 is 0. The lowest BCUT2D eigenvalue weighted by molar-refractivity contribution is 0.226. The second-order valence-corrected chi connectivity index (χ2v) is 6.41. The Kier molecular flexibility index (Phi) is 3.01. The number of nitrogens with one attached hydrogen (secondary N) is 1. The predicted molar refractivity (Wildman–Crippen MR) is 65.9 cm³/mol. The zero-order valence-corrected chi connectivity index (χ0v) is 10.9. The van der Waals surface area contributed by atoms with Crippen molar-refractivity contribution in [1.29, 1.82) is 0 Å². The van der Waals surface area contributed by atoms with E-state index < -0.39 is 10.0 Å². The normalized spacial score (nSPS) is 19.4. The number of benzene rings is 1. The van der Waals surface area contributed by atoms with Gasteiger partial charge in [0, 0.05) is 14.1 Å². The molecule has 5 nitrogen and oxygen atoms in total. The first-order valence-electron chi connectivity index (χ1n) is 5.38. The monoisotopic (exact) mass is 256 g/mol. The number of ether oxygens (including phenoxy) is 1. The van der Waals surface area contributed by atoms with Crippen LogP contribution in [0.2, 0.25) is 0 Å². The molecule has 0 spiro atoms. The van der Waals surface area contributed by atoms with E-state index in [0.717, 1.165) is 5.69 Å². The molecule has 1 aromatic carbocycles. The van der Waals surface area contributed by atoms with E-state index in [4.69, 9.17) is 4.74 Å². The molecule has 0 saturated carbocycles. The fourth-order valence-corrected chi connectivity index (χ4v) is 2.56. The van der Waals surface area contributed by atoms with E-state index in [9.17, 15) is 8.42 Å². The summed E-state index contributed by atoms with van der Waals surface area (Å²) in [6, 6.07) is 4.86. The molecule has 0 radical (unpaired) electrons. The van der Waals surface area contributed by atoms with Gasteiger partial charge in [-0.15, -0.1) is 0 Å². The van der Waals surface area contributed by atoms with Gasteiger partial charge in [0.05, 0.1) is 17.1 Å². The maximum atomic E-state index is 11.9. The number of rotatable bonds is 2. The van der Waals surface area contributed by atoms with E-state index >= 15 is 0 Å². The van der Waals surface area contributed by atoms with Crippen LogP contribution in [0.1, 0.15) is 6.92 Å². The summed E-state index contributed by atoms with van der Waals surface area (Å²) in [5.41, 5.74) is 0.728. The molecule has 1 unspecified atom stereocenters. The first kappa shape index (κ1) is 12.2. The smallest absolute Gasteiger partial charge is 0.242 e. The van der Waals surface area contributed by atoms with Gasteiger partial charge in [-0.05, 0) is 25.1 Å². The first-order chi connectivity index (χ1) is 7.91. The lowest BCUT2D eigenvalue weighted by Gasteiger charge is -2.25. The predicted octanol–water partition coefficient (Wildman–Crippen LogP) is 1.13. The van der Waals surface area contributed by atoms with Crippen LogP contribution < -0.4 is 10.1 Å². The SMILES string of the molecule is CC1CNc2cc(S(=O)(=O)N(C)C)ccc2O1. The van der Waals surface area contributed by atoms with Gasteiger partial charge in [-0.1, -0.05) is 0 Å². The van der Waals surface area contributed by atoms with Crippen LogP contribution in [0.3, 0.4) is 0 Å². The number of sulfonamides is 1. The molecule has 0 saturated heterocycles. The second kappa shape index (κ2) is 4.19. The minimum Gasteiger partial charge on any atom is -0.487 e. The van der Waals surface area contributed by atoms with Crippen LogP contribution in [0, 0.1) is 0 Å². The highest BCUT2D eigenvalue weighted by atomic mass is 32.2. The van der Waals surface area contributed by atoms with Gasteiger partial charge >= 0.3 is 0 Å². The molecule has 0 amide bonds. The summed E-state index contributed by atoms with van der Waals surface area (Å²) < 4.78 is 30.7. The summed E-state index contributed by atoms with van der Waals surface area (Å²) in [5.74, 6) is 0.696. The van der Waals surface area contributed by atoms with E-state index in [1.807, 2.05) is 6.92 Å². The molecule has 6 heteroatoms. The van der Waals surface area contributed by atoms with Crippen LogP contribution in [-0.4, -0.2) is 39.5 Å². The third kappa shape index (κ3) is 2.23. The van der Waals surface area contributed by atoms with Gasteiger partial charge < -0.3 is 10.1 Å². The highest BCUT2D eigenvalue weighted by Crippen LogP contribution is 2.31. The fraction of sp³-hybridized carbons (Fsp3) is 0.455. The summed E-state index contributed by atoms with van der Waals surface area (Å²) in [6.45, 7) is 2.64. The molecule has 1 heterocycles. The van der Waals surface area contributed by atoms with Crippen LogP contribution in [-0.2, 0) is 10.0 Å². The standard InChI is InChI=1S/C11H16N2O3S/c1-8-7-12-10-6-9(4-5-11(10)16-8)17(14,15)13(2)3/h4-6,8,12H,7H2,1-3H3. The third-order valence-corrected chi connectivity index (χ3v) is 4.45. The molecule has 1 atom stereocenters. The van der Waals surface area contributed by atoms with Crippen molar-refractivity contribution >= 4 is 15.7 Å². The maximum absolute atomic E-state index is 11.9. The van der Waals surface area contributed by atoms with Gasteiger partial charge in [-0.2, -0.15) is 0 Å². The Morgan fingerprint density at radius 1 is 1.41 bits per heavy atom. The van der Waals surface area contributed by atoms with E-state index in [1.54, 1.807) is 18.2 Å². The summed E-state index contributed by atoms with van der Waals surface area (Å²) in [6.07, 6.45) is 0.0961.